The fraction of sp³-hybridized carbons (Fsp3) is 0.333. The van der Waals surface area contributed by atoms with Crippen LogP contribution in [0.3, 0.4) is 0 Å². The van der Waals surface area contributed by atoms with E-state index in [1.165, 1.54) is 0 Å². The molecule has 0 radical (unpaired) electrons. The highest BCUT2D eigenvalue weighted by Gasteiger charge is 2.29. The Kier molecular flexibility index (Phi) is 4.54. The van der Waals surface area contributed by atoms with Crippen LogP contribution < -0.4 is 5.32 Å². The smallest absolute Gasteiger partial charge is 0.220 e. The van der Waals surface area contributed by atoms with Crippen molar-refractivity contribution in [3.63, 3.8) is 0 Å². The third-order valence-electron chi connectivity index (χ3n) is 4.43. The second kappa shape index (κ2) is 6.85. The summed E-state index contributed by atoms with van der Waals surface area (Å²) >= 11 is 1.56. The topological polar surface area (TPSA) is 89.3 Å². The van der Waals surface area contributed by atoms with Crippen molar-refractivity contribution in [1.29, 1.82) is 0 Å². The van der Waals surface area contributed by atoms with Crippen LogP contribution in [-0.2, 0) is 21.2 Å². The number of furan rings is 1. The summed E-state index contributed by atoms with van der Waals surface area (Å²) < 4.78 is 29.8. The molecule has 8 heteroatoms. The average molecular weight is 390 g/mol. The van der Waals surface area contributed by atoms with Crippen molar-refractivity contribution < 1.29 is 17.6 Å². The molecule has 1 fully saturated rings. The van der Waals surface area contributed by atoms with E-state index < -0.39 is 9.84 Å². The Balaban J connectivity index is 1.35. The molecule has 0 spiro atoms. The number of amides is 1. The van der Waals surface area contributed by atoms with Crippen molar-refractivity contribution in [2.24, 2.45) is 5.92 Å². The lowest BCUT2D eigenvalue weighted by atomic mass is 10.1. The average Bonchev–Trinajstić information content (AvgIpc) is 3.30. The Labute approximate surface area is 155 Å². The molecule has 1 aliphatic rings. The number of sulfone groups is 1. The van der Waals surface area contributed by atoms with Crippen LogP contribution in [0.1, 0.15) is 18.6 Å². The number of rotatable bonds is 5. The van der Waals surface area contributed by atoms with Crippen molar-refractivity contribution in [2.45, 2.75) is 19.4 Å². The van der Waals surface area contributed by atoms with Crippen LogP contribution >= 0.6 is 11.3 Å². The van der Waals surface area contributed by atoms with Crippen molar-refractivity contribution in [2.75, 3.05) is 11.5 Å². The summed E-state index contributed by atoms with van der Waals surface area (Å²) in [5, 5.41) is 3.61. The van der Waals surface area contributed by atoms with Crippen LogP contribution in [0, 0.1) is 5.92 Å². The van der Waals surface area contributed by atoms with Crippen LogP contribution in [0.2, 0.25) is 0 Å². The number of para-hydroxylation sites is 1. The fourth-order valence-electron chi connectivity index (χ4n) is 3.12. The molecule has 1 atom stereocenters. The number of hydrogen-bond donors (Lipinski definition) is 1. The first-order valence-electron chi connectivity index (χ1n) is 8.40. The van der Waals surface area contributed by atoms with Gasteiger partial charge in [0.05, 0.1) is 28.3 Å². The third kappa shape index (κ3) is 3.81. The first-order valence-corrected chi connectivity index (χ1v) is 11.0. The zero-order chi connectivity index (χ0) is 18.1. The summed E-state index contributed by atoms with van der Waals surface area (Å²) in [5.74, 6) is 1.40. The third-order valence-corrected chi connectivity index (χ3v) is 7.31. The minimum absolute atomic E-state index is 0.0742. The molecule has 0 bridgehead atoms. The van der Waals surface area contributed by atoms with Gasteiger partial charge in [-0.05, 0) is 36.6 Å². The maximum Gasteiger partial charge on any atom is 0.220 e. The van der Waals surface area contributed by atoms with E-state index in [0.717, 1.165) is 15.2 Å². The Hall–Kier alpha value is -2.19. The lowest BCUT2D eigenvalue weighted by Gasteiger charge is -2.07. The van der Waals surface area contributed by atoms with Crippen LogP contribution in [0.15, 0.2) is 40.8 Å². The van der Waals surface area contributed by atoms with Crippen LogP contribution in [-0.4, -0.2) is 30.8 Å². The second-order valence-corrected chi connectivity index (χ2v) is 9.76. The molecule has 1 unspecified atom stereocenters. The SMILES string of the molecule is O=C(CC1CCS(=O)(=O)C1)NCc1ccc(-c2nc3ccccc3s2)o1. The number of nitrogens with one attached hydrogen (secondary N) is 1. The number of fused-ring (bicyclic) bond motifs is 1. The standard InChI is InChI=1S/C18H18N2O4S2/c21-17(9-12-7-8-26(22,23)11-12)19-10-13-5-6-15(24-13)18-20-14-3-1-2-4-16(14)25-18/h1-6,12H,7-11H2,(H,19,21). The van der Waals surface area contributed by atoms with Gasteiger partial charge in [-0.25, -0.2) is 13.4 Å². The summed E-state index contributed by atoms with van der Waals surface area (Å²) in [4.78, 5) is 16.6. The highest BCUT2D eigenvalue weighted by atomic mass is 32.2. The first-order chi connectivity index (χ1) is 12.5. The predicted molar refractivity (Wildman–Crippen MR) is 101 cm³/mol. The first kappa shape index (κ1) is 17.2. The Morgan fingerprint density at radius 3 is 2.88 bits per heavy atom. The van der Waals surface area contributed by atoms with E-state index in [1.54, 1.807) is 11.3 Å². The van der Waals surface area contributed by atoms with Crippen LogP contribution in [0.25, 0.3) is 21.0 Å². The molecule has 2 aromatic heterocycles. The van der Waals surface area contributed by atoms with E-state index in [-0.39, 0.29) is 36.3 Å². The number of carbonyl (C=O) groups is 1. The van der Waals surface area contributed by atoms with Crippen molar-refractivity contribution in [3.8, 4) is 10.8 Å². The highest BCUT2D eigenvalue weighted by molar-refractivity contribution is 7.91. The van der Waals surface area contributed by atoms with Crippen molar-refractivity contribution in [3.05, 3.63) is 42.2 Å². The number of aromatic nitrogens is 1. The molecular weight excluding hydrogens is 372 g/mol. The number of hydrogen-bond acceptors (Lipinski definition) is 6. The Morgan fingerprint density at radius 1 is 1.27 bits per heavy atom. The van der Waals surface area contributed by atoms with Gasteiger partial charge in [-0.15, -0.1) is 11.3 Å². The van der Waals surface area contributed by atoms with E-state index >= 15 is 0 Å². The van der Waals surface area contributed by atoms with Gasteiger partial charge in [0.25, 0.3) is 0 Å². The number of thiazole rings is 1. The number of benzene rings is 1. The molecule has 4 rings (SSSR count). The van der Waals surface area contributed by atoms with Crippen LogP contribution in [0.5, 0.6) is 0 Å². The summed E-state index contributed by atoms with van der Waals surface area (Å²) in [7, 11) is -2.95. The Bertz CT molecular complexity index is 1020. The van der Waals surface area contributed by atoms with E-state index in [1.807, 2.05) is 36.4 Å². The maximum absolute atomic E-state index is 12.0. The van der Waals surface area contributed by atoms with Gasteiger partial charge in [-0.2, -0.15) is 0 Å². The molecule has 0 aliphatic carbocycles. The predicted octanol–water partition coefficient (Wildman–Crippen LogP) is 3.00. The van der Waals surface area contributed by atoms with Gasteiger partial charge in [0.2, 0.25) is 5.91 Å². The monoisotopic (exact) mass is 390 g/mol. The maximum atomic E-state index is 12.0. The molecule has 0 saturated carbocycles. The zero-order valence-electron chi connectivity index (χ0n) is 14.0. The van der Waals surface area contributed by atoms with Gasteiger partial charge in [0.1, 0.15) is 5.76 Å². The number of nitrogens with zero attached hydrogens (tertiary/aromatic N) is 1. The molecule has 136 valence electrons. The van der Waals surface area contributed by atoms with Crippen molar-refractivity contribution >= 4 is 37.3 Å². The van der Waals surface area contributed by atoms with Gasteiger partial charge in [0, 0.05) is 6.42 Å². The highest BCUT2D eigenvalue weighted by Crippen LogP contribution is 2.31. The molecular formula is C18H18N2O4S2. The van der Waals surface area contributed by atoms with E-state index in [4.69, 9.17) is 4.42 Å². The minimum atomic E-state index is -2.95. The summed E-state index contributed by atoms with van der Waals surface area (Å²) in [6.45, 7) is 0.281. The molecule has 1 aliphatic heterocycles. The minimum Gasteiger partial charge on any atom is -0.457 e. The summed E-state index contributed by atoms with van der Waals surface area (Å²) in [6, 6.07) is 11.6. The van der Waals surface area contributed by atoms with Gasteiger partial charge in [-0.3, -0.25) is 4.79 Å². The van der Waals surface area contributed by atoms with E-state index in [0.29, 0.717) is 17.9 Å². The lowest BCUT2D eigenvalue weighted by Crippen LogP contribution is -2.25. The molecule has 1 N–H and O–H groups in total. The molecule has 3 aromatic rings. The normalized spacial score (nSPS) is 19.0. The van der Waals surface area contributed by atoms with E-state index in [9.17, 15) is 13.2 Å². The van der Waals surface area contributed by atoms with Crippen molar-refractivity contribution in [1.82, 2.24) is 10.3 Å². The molecule has 26 heavy (non-hydrogen) atoms. The van der Waals surface area contributed by atoms with Gasteiger partial charge >= 0.3 is 0 Å². The molecule has 1 saturated heterocycles. The lowest BCUT2D eigenvalue weighted by molar-refractivity contribution is -0.122. The van der Waals surface area contributed by atoms with Gasteiger partial charge < -0.3 is 9.73 Å². The fourth-order valence-corrected chi connectivity index (χ4v) is 5.91. The zero-order valence-corrected chi connectivity index (χ0v) is 15.6. The second-order valence-electron chi connectivity index (χ2n) is 6.50. The van der Waals surface area contributed by atoms with Gasteiger partial charge in [0.15, 0.2) is 20.6 Å². The quantitative estimate of drug-likeness (QED) is 0.723. The Morgan fingerprint density at radius 2 is 2.12 bits per heavy atom. The summed E-state index contributed by atoms with van der Waals surface area (Å²) in [6.07, 6.45) is 0.808. The van der Waals surface area contributed by atoms with Crippen LogP contribution in [0.4, 0.5) is 0 Å². The number of carbonyl (C=O) groups excluding carboxylic acids is 1. The largest absolute Gasteiger partial charge is 0.457 e. The molecule has 1 amide bonds. The van der Waals surface area contributed by atoms with E-state index in [2.05, 4.69) is 10.3 Å². The molecule has 3 heterocycles. The molecule has 6 nitrogen and oxygen atoms in total. The summed E-state index contributed by atoms with van der Waals surface area (Å²) in [5.41, 5.74) is 0.935. The van der Waals surface area contributed by atoms with Gasteiger partial charge in [-0.1, -0.05) is 12.1 Å². The molecule has 1 aromatic carbocycles.